The lowest BCUT2D eigenvalue weighted by atomic mass is 10.1. The summed E-state index contributed by atoms with van der Waals surface area (Å²) in [4.78, 5) is 2.19. The first kappa shape index (κ1) is 16.3. The summed E-state index contributed by atoms with van der Waals surface area (Å²) in [7, 11) is 0. The van der Waals surface area contributed by atoms with Gasteiger partial charge in [0.2, 0.25) is 0 Å². The number of rotatable bonds is 4. The minimum absolute atomic E-state index is 0.353. The van der Waals surface area contributed by atoms with Gasteiger partial charge in [-0.1, -0.05) is 42.4 Å². The first-order valence-electron chi connectivity index (χ1n) is 6.90. The van der Waals surface area contributed by atoms with Gasteiger partial charge in [-0.25, -0.2) is 0 Å². The van der Waals surface area contributed by atoms with Gasteiger partial charge >= 0.3 is 0 Å². The molecule has 3 heteroatoms. The van der Waals surface area contributed by atoms with E-state index >= 15 is 0 Å². The van der Waals surface area contributed by atoms with E-state index < -0.39 is 0 Å². The zero-order valence-electron chi connectivity index (χ0n) is 12.4. The van der Waals surface area contributed by atoms with Crippen molar-refractivity contribution in [2.24, 2.45) is 0 Å². The zero-order chi connectivity index (χ0) is 14.4. The van der Waals surface area contributed by atoms with Gasteiger partial charge in [-0.2, -0.15) is 0 Å². The Bertz CT molecular complexity index is 427. The third kappa shape index (κ3) is 3.83. The van der Waals surface area contributed by atoms with Crippen LogP contribution < -0.4 is 4.90 Å². The molecule has 1 heterocycles. The maximum atomic E-state index is 5.49. The van der Waals surface area contributed by atoms with Gasteiger partial charge in [-0.05, 0) is 43.7 Å². The number of ether oxygens (including phenoxy) is 1. The van der Waals surface area contributed by atoms with E-state index in [4.69, 9.17) is 4.74 Å². The van der Waals surface area contributed by atoms with Gasteiger partial charge in [0, 0.05) is 23.3 Å². The first-order chi connectivity index (χ1) is 9.13. The molecule has 0 amide bonds. The molecule has 1 aliphatic heterocycles. The van der Waals surface area contributed by atoms with Crippen LogP contribution in [0.2, 0.25) is 0 Å². The molecule has 1 atom stereocenters. The van der Waals surface area contributed by atoms with Gasteiger partial charge in [0.25, 0.3) is 0 Å². The largest absolute Gasteiger partial charge is 0.376 e. The predicted octanol–water partition coefficient (Wildman–Crippen LogP) is 4.83. The summed E-state index contributed by atoms with van der Waals surface area (Å²) in [5.41, 5.74) is 3.76. The van der Waals surface area contributed by atoms with Gasteiger partial charge in [0.05, 0.1) is 6.10 Å². The fourth-order valence-electron chi connectivity index (χ4n) is 2.16. The minimum Gasteiger partial charge on any atom is -0.376 e. The summed E-state index contributed by atoms with van der Waals surface area (Å²) in [5.74, 6) is 0. The molecule has 2 rings (SSSR count). The molecule has 0 aromatic heterocycles. The van der Waals surface area contributed by atoms with Crippen molar-refractivity contribution in [3.05, 3.63) is 40.5 Å². The first-order valence-corrected chi connectivity index (χ1v) is 7.69. The second kappa shape index (κ2) is 7.71. The van der Waals surface area contributed by atoms with Crippen molar-refractivity contribution < 1.29 is 4.74 Å². The molecule has 0 bridgehead atoms. The molecule has 2 nitrogen and oxygen atoms in total. The number of hydrogen-bond acceptors (Lipinski definition) is 2. The molecule has 0 radical (unpaired) electrons. The number of halogens is 1. The highest BCUT2D eigenvalue weighted by Crippen LogP contribution is 2.31. The van der Waals surface area contributed by atoms with E-state index in [-0.39, 0.29) is 0 Å². The van der Waals surface area contributed by atoms with Gasteiger partial charge in [0.15, 0.2) is 0 Å². The molecule has 0 saturated carbocycles. The molecule has 106 valence electrons. The number of hydrogen-bond donors (Lipinski definition) is 0. The lowest BCUT2D eigenvalue weighted by molar-refractivity contribution is -0.0435. The van der Waals surface area contributed by atoms with Gasteiger partial charge in [-0.15, -0.1) is 0 Å². The minimum atomic E-state index is 0.353. The molecule has 0 unspecified atom stereocenters. The summed E-state index contributed by atoms with van der Waals surface area (Å²) in [5, 5.41) is 0. The van der Waals surface area contributed by atoms with E-state index in [0.717, 1.165) is 24.0 Å². The number of aryl methyl sites for hydroxylation is 1. The van der Waals surface area contributed by atoms with Crippen molar-refractivity contribution in [3.8, 4) is 0 Å². The Hall–Kier alpha value is -0.800. The molecule has 1 saturated heterocycles. The molecule has 1 aliphatic rings. The van der Waals surface area contributed by atoms with Crippen LogP contribution in [-0.4, -0.2) is 19.3 Å². The molecular formula is C16H24BrNO. The SMILES string of the molecule is C=CN(C[C@@H]1CCO1)c1c(C)ccc(Br)c1C.CC. The van der Waals surface area contributed by atoms with Crippen LogP contribution in [0.5, 0.6) is 0 Å². The quantitative estimate of drug-likeness (QED) is 0.786. The molecule has 0 aliphatic carbocycles. The topological polar surface area (TPSA) is 12.5 Å². The molecule has 1 aromatic rings. The molecule has 19 heavy (non-hydrogen) atoms. The van der Waals surface area contributed by atoms with Crippen LogP contribution in [-0.2, 0) is 4.74 Å². The Labute approximate surface area is 125 Å². The van der Waals surface area contributed by atoms with Crippen molar-refractivity contribution >= 4 is 21.6 Å². The van der Waals surface area contributed by atoms with Gasteiger partial charge < -0.3 is 9.64 Å². The summed E-state index contributed by atoms with van der Waals surface area (Å²) in [6, 6.07) is 4.22. The summed E-state index contributed by atoms with van der Waals surface area (Å²) < 4.78 is 6.63. The lowest BCUT2D eigenvalue weighted by Crippen LogP contribution is -2.38. The van der Waals surface area contributed by atoms with Crippen LogP contribution in [0.3, 0.4) is 0 Å². The summed E-state index contributed by atoms with van der Waals surface area (Å²) in [6.45, 7) is 14.0. The highest BCUT2D eigenvalue weighted by molar-refractivity contribution is 9.10. The van der Waals surface area contributed by atoms with E-state index in [1.54, 1.807) is 0 Å². The summed E-state index contributed by atoms with van der Waals surface area (Å²) in [6.07, 6.45) is 3.39. The van der Waals surface area contributed by atoms with Crippen molar-refractivity contribution in [2.45, 2.75) is 40.2 Å². The monoisotopic (exact) mass is 325 g/mol. The van der Waals surface area contributed by atoms with Crippen LogP contribution in [0.4, 0.5) is 5.69 Å². The third-order valence-electron chi connectivity index (χ3n) is 3.27. The second-order valence-electron chi connectivity index (χ2n) is 4.45. The molecule has 1 aromatic carbocycles. The Morgan fingerprint density at radius 1 is 1.42 bits per heavy atom. The van der Waals surface area contributed by atoms with Crippen molar-refractivity contribution in [2.75, 3.05) is 18.1 Å². The number of nitrogens with zero attached hydrogens (tertiary/aromatic N) is 1. The Morgan fingerprint density at radius 2 is 2.05 bits per heavy atom. The van der Waals surface area contributed by atoms with E-state index in [1.165, 1.54) is 16.8 Å². The normalized spacial score (nSPS) is 17.0. The third-order valence-corrected chi connectivity index (χ3v) is 4.13. The summed E-state index contributed by atoms with van der Waals surface area (Å²) >= 11 is 3.58. The Kier molecular flexibility index (Phi) is 6.59. The van der Waals surface area contributed by atoms with Crippen molar-refractivity contribution in [1.29, 1.82) is 0 Å². The molecular weight excluding hydrogens is 302 g/mol. The van der Waals surface area contributed by atoms with E-state index in [9.17, 15) is 0 Å². The standard InChI is InChI=1S/C14H18BrNO.C2H6/c1-4-16(9-12-7-8-17-12)14-10(2)5-6-13(15)11(14)3;1-2/h4-6,12H,1,7-9H2,2-3H3;1-2H3/t12-;/m0./s1. The highest BCUT2D eigenvalue weighted by atomic mass is 79.9. The number of anilines is 1. The fraction of sp³-hybridized carbons (Fsp3) is 0.500. The number of benzene rings is 1. The van der Waals surface area contributed by atoms with Gasteiger partial charge in [-0.3, -0.25) is 0 Å². The maximum Gasteiger partial charge on any atom is 0.0775 e. The molecule has 0 spiro atoms. The highest BCUT2D eigenvalue weighted by Gasteiger charge is 2.22. The maximum absolute atomic E-state index is 5.49. The fourth-order valence-corrected chi connectivity index (χ4v) is 2.48. The van der Waals surface area contributed by atoms with Crippen LogP contribution in [0.15, 0.2) is 29.4 Å². The van der Waals surface area contributed by atoms with Crippen molar-refractivity contribution in [3.63, 3.8) is 0 Å². The van der Waals surface area contributed by atoms with E-state index in [0.29, 0.717) is 6.10 Å². The van der Waals surface area contributed by atoms with Gasteiger partial charge in [0.1, 0.15) is 0 Å². The van der Waals surface area contributed by atoms with Crippen molar-refractivity contribution in [1.82, 2.24) is 0 Å². The average molecular weight is 326 g/mol. The van der Waals surface area contributed by atoms with Crippen LogP contribution >= 0.6 is 15.9 Å². The lowest BCUT2D eigenvalue weighted by Gasteiger charge is -2.33. The predicted molar refractivity (Wildman–Crippen MR) is 86.9 cm³/mol. The van der Waals surface area contributed by atoms with Crippen LogP contribution in [0.1, 0.15) is 31.4 Å². The van der Waals surface area contributed by atoms with E-state index in [2.05, 4.69) is 53.4 Å². The van der Waals surface area contributed by atoms with Crippen LogP contribution in [0, 0.1) is 13.8 Å². The Morgan fingerprint density at radius 3 is 2.53 bits per heavy atom. The van der Waals surface area contributed by atoms with E-state index in [1.807, 2.05) is 20.0 Å². The Balaban J connectivity index is 0.000000861. The zero-order valence-corrected chi connectivity index (χ0v) is 14.0. The average Bonchev–Trinajstić information content (AvgIpc) is 2.38. The molecule has 0 N–H and O–H groups in total. The van der Waals surface area contributed by atoms with Crippen LogP contribution in [0.25, 0.3) is 0 Å². The smallest absolute Gasteiger partial charge is 0.0775 e. The second-order valence-corrected chi connectivity index (χ2v) is 5.31. The molecule has 1 fully saturated rings.